The molecule has 20 heavy (non-hydrogen) atoms. The van der Waals surface area contributed by atoms with Crippen molar-refractivity contribution in [3.8, 4) is 0 Å². The lowest BCUT2D eigenvalue weighted by atomic mass is 10.2. The van der Waals surface area contributed by atoms with Gasteiger partial charge in [0.1, 0.15) is 11.2 Å². The molecule has 0 amide bonds. The summed E-state index contributed by atoms with van der Waals surface area (Å²) >= 11 is 11.8. The Balaban J connectivity index is 2.29. The number of nitrogens with zero attached hydrogens (tertiary/aromatic N) is 1. The molecule has 1 aromatic carbocycles. The van der Waals surface area contributed by atoms with Gasteiger partial charge >= 0.3 is 0 Å². The molecule has 0 aliphatic heterocycles. The Bertz CT molecular complexity index is 702. The monoisotopic (exact) mass is 335 g/mol. The normalized spacial score (nSPS) is 11.8. The van der Waals surface area contributed by atoms with Gasteiger partial charge in [-0.25, -0.2) is 13.1 Å². The highest BCUT2D eigenvalue weighted by molar-refractivity contribution is 7.89. The molecule has 0 atom stereocenters. The molecule has 2 aromatic rings. The predicted octanol–water partition coefficient (Wildman–Crippen LogP) is 1.92. The largest absolute Gasteiger partial charge is 0.364 e. The minimum absolute atomic E-state index is 0.00422. The molecule has 0 spiro atoms. The summed E-state index contributed by atoms with van der Waals surface area (Å²) in [5.74, 6) is 0. The number of hydrogen-bond acceptors (Lipinski definition) is 5. The third kappa shape index (κ3) is 3.31. The van der Waals surface area contributed by atoms with E-state index in [0.717, 1.165) is 0 Å². The quantitative estimate of drug-likeness (QED) is 0.869. The van der Waals surface area contributed by atoms with Crippen LogP contribution in [0, 0.1) is 0 Å². The summed E-state index contributed by atoms with van der Waals surface area (Å²) in [7, 11) is -3.79. The molecular weight excluding hydrogens is 325 g/mol. The maximum Gasteiger partial charge on any atom is 0.242 e. The minimum Gasteiger partial charge on any atom is -0.364 e. The van der Waals surface area contributed by atoms with Crippen molar-refractivity contribution < 1.29 is 12.9 Å². The van der Waals surface area contributed by atoms with Crippen LogP contribution in [0.5, 0.6) is 0 Å². The van der Waals surface area contributed by atoms with Crippen molar-refractivity contribution in [2.75, 3.05) is 0 Å². The average Bonchev–Trinajstić information content (AvgIpc) is 2.89. The maximum absolute atomic E-state index is 12.2. The highest BCUT2D eigenvalue weighted by Crippen LogP contribution is 2.28. The summed E-state index contributed by atoms with van der Waals surface area (Å²) in [5.41, 5.74) is 6.45. The number of sulfonamides is 1. The second-order valence-corrected chi connectivity index (χ2v) is 6.44. The van der Waals surface area contributed by atoms with E-state index in [-0.39, 0.29) is 23.0 Å². The molecule has 0 fully saturated rings. The first kappa shape index (κ1) is 15.3. The Labute approximate surface area is 125 Å². The van der Waals surface area contributed by atoms with Gasteiger partial charge in [0.15, 0.2) is 0 Å². The Kier molecular flexibility index (Phi) is 4.66. The van der Waals surface area contributed by atoms with Gasteiger partial charge in [0.2, 0.25) is 10.0 Å². The fourth-order valence-electron chi connectivity index (χ4n) is 1.51. The van der Waals surface area contributed by atoms with Crippen LogP contribution < -0.4 is 10.5 Å². The number of hydrogen-bond donors (Lipinski definition) is 2. The molecule has 6 nitrogen and oxygen atoms in total. The molecule has 1 heterocycles. The molecule has 2 rings (SSSR count). The Hall–Kier alpha value is -1.12. The highest BCUT2D eigenvalue weighted by atomic mass is 35.5. The number of benzene rings is 1. The van der Waals surface area contributed by atoms with Gasteiger partial charge in [0.05, 0.1) is 17.3 Å². The van der Waals surface area contributed by atoms with Crippen LogP contribution in [0.2, 0.25) is 10.0 Å². The lowest BCUT2D eigenvalue weighted by Crippen LogP contribution is -2.24. The van der Waals surface area contributed by atoms with Gasteiger partial charge in [-0.2, -0.15) is 0 Å². The lowest BCUT2D eigenvalue weighted by molar-refractivity contribution is 0.411. The van der Waals surface area contributed by atoms with Crippen LogP contribution in [0.1, 0.15) is 11.3 Å². The molecule has 0 aliphatic carbocycles. The van der Waals surface area contributed by atoms with Crippen LogP contribution in [0.15, 0.2) is 33.9 Å². The Morgan fingerprint density at radius 2 is 2.05 bits per heavy atom. The molecule has 0 saturated carbocycles. The zero-order valence-electron chi connectivity index (χ0n) is 10.1. The summed E-state index contributed by atoms with van der Waals surface area (Å²) in [6.45, 7) is 0.109. The molecule has 0 unspecified atom stereocenters. The van der Waals surface area contributed by atoms with Gasteiger partial charge in [0, 0.05) is 17.6 Å². The second kappa shape index (κ2) is 6.11. The van der Waals surface area contributed by atoms with E-state index in [1.54, 1.807) is 6.07 Å². The molecule has 0 aliphatic rings. The van der Waals surface area contributed by atoms with Crippen molar-refractivity contribution in [3.63, 3.8) is 0 Å². The lowest BCUT2D eigenvalue weighted by Gasteiger charge is -2.10. The summed E-state index contributed by atoms with van der Waals surface area (Å²) in [4.78, 5) is -0.0764. The number of halogens is 2. The summed E-state index contributed by atoms with van der Waals surface area (Å²) < 4.78 is 31.4. The van der Waals surface area contributed by atoms with Crippen LogP contribution in [0.25, 0.3) is 0 Å². The molecule has 3 N–H and O–H groups in total. The molecular formula is C11H11Cl2N3O3S. The van der Waals surface area contributed by atoms with Crippen molar-refractivity contribution in [3.05, 3.63) is 45.8 Å². The van der Waals surface area contributed by atoms with Gasteiger partial charge in [-0.05, 0) is 17.7 Å². The van der Waals surface area contributed by atoms with Crippen molar-refractivity contribution in [1.29, 1.82) is 0 Å². The molecule has 108 valence electrons. The van der Waals surface area contributed by atoms with Crippen LogP contribution in [-0.2, 0) is 23.1 Å². The number of rotatable bonds is 5. The van der Waals surface area contributed by atoms with Crippen LogP contribution >= 0.6 is 23.2 Å². The first-order valence-corrected chi connectivity index (χ1v) is 7.75. The molecule has 0 radical (unpaired) electrons. The zero-order valence-corrected chi connectivity index (χ0v) is 12.5. The first-order chi connectivity index (χ1) is 9.44. The van der Waals surface area contributed by atoms with E-state index in [9.17, 15) is 8.42 Å². The van der Waals surface area contributed by atoms with E-state index in [0.29, 0.717) is 16.3 Å². The van der Waals surface area contributed by atoms with Crippen molar-refractivity contribution in [2.24, 2.45) is 5.73 Å². The molecule has 0 saturated heterocycles. The van der Waals surface area contributed by atoms with Crippen molar-refractivity contribution in [2.45, 2.75) is 18.0 Å². The van der Waals surface area contributed by atoms with Gasteiger partial charge in [-0.1, -0.05) is 28.4 Å². The zero-order chi connectivity index (χ0) is 14.8. The number of nitrogens with one attached hydrogen (secondary N) is 1. The summed E-state index contributed by atoms with van der Waals surface area (Å²) in [6, 6.07) is 4.27. The van der Waals surface area contributed by atoms with Gasteiger partial charge in [0.25, 0.3) is 0 Å². The Morgan fingerprint density at radius 3 is 2.65 bits per heavy atom. The van der Waals surface area contributed by atoms with Crippen LogP contribution in [0.3, 0.4) is 0 Å². The van der Waals surface area contributed by atoms with Gasteiger partial charge in [-0.15, -0.1) is 0 Å². The standard InChI is InChI=1S/C11H11Cl2N3O3S/c12-9-4-10(13)11(3-7(9)5-14)20(17,18)15-6-8-1-2-19-16-8/h1-4,15H,5-6,14H2. The van der Waals surface area contributed by atoms with Crippen LogP contribution in [-0.4, -0.2) is 13.6 Å². The second-order valence-electron chi connectivity index (χ2n) is 3.89. The third-order valence-electron chi connectivity index (χ3n) is 2.54. The minimum atomic E-state index is -3.79. The van der Waals surface area contributed by atoms with Crippen LogP contribution in [0.4, 0.5) is 0 Å². The maximum atomic E-state index is 12.2. The topological polar surface area (TPSA) is 98.2 Å². The molecule has 9 heteroatoms. The summed E-state index contributed by atoms with van der Waals surface area (Å²) in [6.07, 6.45) is 1.35. The van der Waals surface area contributed by atoms with E-state index in [4.69, 9.17) is 28.9 Å². The molecule has 1 aromatic heterocycles. The van der Waals surface area contributed by atoms with E-state index in [1.165, 1.54) is 18.4 Å². The fraction of sp³-hybridized carbons (Fsp3) is 0.182. The van der Waals surface area contributed by atoms with E-state index < -0.39 is 10.0 Å². The predicted molar refractivity (Wildman–Crippen MR) is 74.9 cm³/mol. The fourth-order valence-corrected chi connectivity index (χ4v) is 3.38. The Morgan fingerprint density at radius 1 is 1.30 bits per heavy atom. The van der Waals surface area contributed by atoms with Crippen molar-refractivity contribution in [1.82, 2.24) is 9.88 Å². The number of aromatic nitrogens is 1. The summed E-state index contributed by atoms with van der Waals surface area (Å²) in [5, 5.41) is 3.96. The van der Waals surface area contributed by atoms with E-state index in [1.807, 2.05) is 0 Å². The average molecular weight is 336 g/mol. The van der Waals surface area contributed by atoms with Gasteiger partial charge in [-0.3, -0.25) is 0 Å². The highest BCUT2D eigenvalue weighted by Gasteiger charge is 2.20. The first-order valence-electron chi connectivity index (χ1n) is 5.51. The van der Waals surface area contributed by atoms with E-state index in [2.05, 4.69) is 14.4 Å². The smallest absolute Gasteiger partial charge is 0.242 e. The third-order valence-corrected chi connectivity index (χ3v) is 4.76. The SMILES string of the molecule is NCc1cc(S(=O)(=O)NCc2ccon2)c(Cl)cc1Cl. The van der Waals surface area contributed by atoms with Gasteiger partial charge < -0.3 is 10.3 Å². The molecule has 0 bridgehead atoms. The number of nitrogens with two attached hydrogens (primary N) is 1. The van der Waals surface area contributed by atoms with E-state index >= 15 is 0 Å². The van der Waals surface area contributed by atoms with Crippen molar-refractivity contribution >= 4 is 33.2 Å².